The van der Waals surface area contributed by atoms with Gasteiger partial charge in [0.25, 0.3) is 0 Å². The summed E-state index contributed by atoms with van der Waals surface area (Å²) in [4.78, 5) is 36.0. The number of benzene rings is 2. The van der Waals surface area contributed by atoms with E-state index in [0.717, 1.165) is 27.2 Å². The van der Waals surface area contributed by atoms with Crippen LogP contribution >= 0.6 is 0 Å². The van der Waals surface area contributed by atoms with Gasteiger partial charge in [-0.2, -0.15) is 0 Å². The monoisotopic (exact) mass is 396 g/mol. The van der Waals surface area contributed by atoms with Gasteiger partial charge < -0.3 is 21.9 Å². The van der Waals surface area contributed by atoms with Crippen LogP contribution in [0.1, 0.15) is 29.9 Å². The highest BCUT2D eigenvalue weighted by molar-refractivity contribution is 5.84. The minimum Gasteiger partial charge on any atom is -0.465 e. The molecular formula is C21H24N4O4. The van der Waals surface area contributed by atoms with Crippen molar-refractivity contribution in [3.8, 4) is 11.1 Å². The van der Waals surface area contributed by atoms with Crippen LogP contribution < -0.4 is 16.8 Å². The largest absolute Gasteiger partial charge is 0.465 e. The third-order valence-electron chi connectivity index (χ3n) is 5.25. The number of nitrogens with zero attached hydrogens (tertiary/aromatic N) is 1. The Hall–Kier alpha value is -3.55. The number of rotatable bonds is 8. The van der Waals surface area contributed by atoms with Crippen molar-refractivity contribution in [2.24, 2.45) is 11.5 Å². The lowest BCUT2D eigenvalue weighted by molar-refractivity contribution is -0.123. The Morgan fingerprint density at radius 3 is 2.03 bits per heavy atom. The van der Waals surface area contributed by atoms with E-state index in [-0.39, 0.29) is 25.4 Å². The van der Waals surface area contributed by atoms with Crippen LogP contribution in [0.5, 0.6) is 0 Å². The van der Waals surface area contributed by atoms with E-state index < -0.39 is 24.1 Å². The zero-order chi connectivity index (χ0) is 21.0. The first-order valence-corrected chi connectivity index (χ1v) is 9.40. The predicted octanol–water partition coefficient (Wildman–Crippen LogP) is 2.08. The lowest BCUT2D eigenvalue weighted by Gasteiger charge is -2.30. The summed E-state index contributed by atoms with van der Waals surface area (Å²) in [7, 11) is 0. The van der Waals surface area contributed by atoms with Crippen LogP contribution in [0.2, 0.25) is 0 Å². The summed E-state index contributed by atoms with van der Waals surface area (Å²) in [5.74, 6) is -0.907. The minimum absolute atomic E-state index is 0.111. The highest BCUT2D eigenvalue weighted by Gasteiger charge is 2.35. The first kappa shape index (κ1) is 20.2. The molecule has 0 radical (unpaired) electrons. The Balaban J connectivity index is 1.85. The lowest BCUT2D eigenvalue weighted by atomic mass is 9.95. The number of hydrogen-bond acceptors (Lipinski definition) is 3. The molecule has 4 amide bonds. The summed E-state index contributed by atoms with van der Waals surface area (Å²) in [6.07, 6.45) is -0.644. The number of amides is 4. The Morgan fingerprint density at radius 2 is 1.55 bits per heavy atom. The zero-order valence-electron chi connectivity index (χ0n) is 15.9. The molecule has 1 unspecified atom stereocenters. The average molecular weight is 396 g/mol. The van der Waals surface area contributed by atoms with Crippen LogP contribution in [0.3, 0.4) is 0 Å². The number of nitrogens with two attached hydrogens (primary N) is 2. The standard InChI is InChI=1S/C21H24N4O4/c22-19(26)18(10-5-11-24-20(23)27)25(21(28)29)12-17-15-8-3-1-6-13(15)14-7-2-4-9-16(14)17/h1-4,6-9,17-18H,5,10-12H2,(H2,22,26)(H,28,29)(H3,23,24,27). The molecule has 29 heavy (non-hydrogen) atoms. The third-order valence-corrected chi connectivity index (χ3v) is 5.25. The predicted molar refractivity (Wildman–Crippen MR) is 108 cm³/mol. The van der Waals surface area contributed by atoms with E-state index in [1.54, 1.807) is 0 Å². The first-order valence-electron chi connectivity index (χ1n) is 9.40. The second-order valence-electron chi connectivity index (χ2n) is 7.01. The van der Waals surface area contributed by atoms with Gasteiger partial charge in [0, 0.05) is 19.0 Å². The summed E-state index contributed by atoms with van der Waals surface area (Å²) in [6, 6.07) is 14.1. The molecule has 0 bridgehead atoms. The fourth-order valence-electron chi connectivity index (χ4n) is 3.95. The number of hydrogen-bond donors (Lipinski definition) is 4. The summed E-state index contributed by atoms with van der Waals surface area (Å²) < 4.78 is 0. The van der Waals surface area contributed by atoms with Crippen LogP contribution in [0.15, 0.2) is 48.5 Å². The maximum absolute atomic E-state index is 12.0. The van der Waals surface area contributed by atoms with Gasteiger partial charge in [0.15, 0.2) is 0 Å². The molecule has 0 saturated carbocycles. The molecule has 8 nitrogen and oxygen atoms in total. The summed E-state index contributed by atoms with van der Waals surface area (Å²) >= 11 is 0. The van der Waals surface area contributed by atoms with Crippen molar-refractivity contribution in [2.45, 2.75) is 24.8 Å². The molecule has 1 aliphatic rings. The number of fused-ring (bicyclic) bond motifs is 3. The van der Waals surface area contributed by atoms with Crippen LogP contribution in [-0.2, 0) is 4.79 Å². The van der Waals surface area contributed by atoms with Crippen LogP contribution in [-0.4, -0.2) is 47.2 Å². The van der Waals surface area contributed by atoms with E-state index in [0.29, 0.717) is 6.42 Å². The van der Waals surface area contributed by atoms with Gasteiger partial charge in [0.2, 0.25) is 5.91 Å². The number of carboxylic acid groups (broad SMARTS) is 1. The van der Waals surface area contributed by atoms with E-state index in [1.165, 1.54) is 0 Å². The normalized spacial score (nSPS) is 13.2. The smallest absolute Gasteiger partial charge is 0.408 e. The number of carbonyl (C=O) groups is 3. The van der Waals surface area contributed by atoms with Crippen LogP contribution in [0, 0.1) is 0 Å². The number of carbonyl (C=O) groups excluding carboxylic acids is 2. The van der Waals surface area contributed by atoms with Gasteiger partial charge in [-0.15, -0.1) is 0 Å². The molecule has 0 spiro atoms. The quantitative estimate of drug-likeness (QED) is 0.507. The van der Waals surface area contributed by atoms with Crippen LogP contribution in [0.4, 0.5) is 9.59 Å². The molecule has 2 aromatic rings. The third kappa shape index (κ3) is 4.31. The van der Waals surface area contributed by atoms with Gasteiger partial charge in [-0.1, -0.05) is 48.5 Å². The van der Waals surface area contributed by atoms with Crippen LogP contribution in [0.25, 0.3) is 11.1 Å². The second kappa shape index (κ2) is 8.64. The summed E-state index contributed by atoms with van der Waals surface area (Å²) in [5.41, 5.74) is 14.7. The molecule has 0 heterocycles. The highest BCUT2D eigenvalue weighted by Crippen LogP contribution is 2.45. The molecule has 6 N–H and O–H groups in total. The van der Waals surface area contributed by atoms with Crippen molar-refractivity contribution in [3.05, 3.63) is 59.7 Å². The van der Waals surface area contributed by atoms with Crippen molar-refractivity contribution in [2.75, 3.05) is 13.1 Å². The molecule has 0 fully saturated rings. The van der Waals surface area contributed by atoms with Crippen molar-refractivity contribution in [1.29, 1.82) is 0 Å². The Labute approximate surface area is 168 Å². The molecule has 0 aliphatic heterocycles. The van der Waals surface area contributed by atoms with Crippen molar-refractivity contribution in [3.63, 3.8) is 0 Å². The Morgan fingerprint density at radius 1 is 1.00 bits per heavy atom. The molecule has 1 atom stereocenters. The summed E-state index contributed by atoms with van der Waals surface area (Å²) in [5, 5.41) is 12.2. The van der Waals surface area contributed by atoms with Gasteiger partial charge in [-0.05, 0) is 35.1 Å². The van der Waals surface area contributed by atoms with Crippen molar-refractivity contribution < 1.29 is 19.5 Å². The maximum Gasteiger partial charge on any atom is 0.408 e. The number of primary amides is 2. The van der Waals surface area contributed by atoms with E-state index in [1.807, 2.05) is 48.5 Å². The van der Waals surface area contributed by atoms with Gasteiger partial charge in [-0.25, -0.2) is 9.59 Å². The van der Waals surface area contributed by atoms with Crippen molar-refractivity contribution >= 4 is 18.0 Å². The highest BCUT2D eigenvalue weighted by atomic mass is 16.4. The molecule has 8 heteroatoms. The van der Waals surface area contributed by atoms with E-state index >= 15 is 0 Å². The zero-order valence-corrected chi connectivity index (χ0v) is 15.9. The topological polar surface area (TPSA) is 139 Å². The second-order valence-corrected chi connectivity index (χ2v) is 7.01. The molecule has 3 rings (SSSR count). The molecule has 1 aliphatic carbocycles. The Kier molecular flexibility index (Phi) is 6.01. The van der Waals surface area contributed by atoms with Crippen molar-refractivity contribution in [1.82, 2.24) is 10.2 Å². The lowest BCUT2D eigenvalue weighted by Crippen LogP contribution is -2.49. The Bertz CT molecular complexity index is 885. The first-order chi connectivity index (χ1) is 13.9. The molecule has 152 valence electrons. The van der Waals surface area contributed by atoms with Gasteiger partial charge in [0.1, 0.15) is 6.04 Å². The molecule has 0 saturated heterocycles. The van der Waals surface area contributed by atoms with E-state index in [4.69, 9.17) is 11.5 Å². The molecule has 0 aromatic heterocycles. The van der Waals surface area contributed by atoms with Gasteiger partial charge in [-0.3, -0.25) is 9.69 Å². The number of nitrogens with one attached hydrogen (secondary N) is 1. The maximum atomic E-state index is 12.0. The summed E-state index contributed by atoms with van der Waals surface area (Å²) in [6.45, 7) is 0.349. The molecular weight excluding hydrogens is 372 g/mol. The average Bonchev–Trinajstić information content (AvgIpc) is 3.00. The molecule has 2 aromatic carbocycles. The number of urea groups is 1. The van der Waals surface area contributed by atoms with E-state index in [9.17, 15) is 19.5 Å². The fourth-order valence-corrected chi connectivity index (χ4v) is 3.95. The minimum atomic E-state index is -1.21. The van der Waals surface area contributed by atoms with E-state index in [2.05, 4.69) is 5.32 Å². The van der Waals surface area contributed by atoms with Gasteiger partial charge >= 0.3 is 12.1 Å². The SMILES string of the molecule is NC(=O)NCCCC(C(N)=O)N(CC1c2ccccc2-c2ccccc21)C(=O)O. The fraction of sp³-hybridized carbons (Fsp3) is 0.286. The van der Waals surface area contributed by atoms with Gasteiger partial charge in [0.05, 0.1) is 0 Å².